The number of carbonyl (C=O) groups excluding carboxylic acids is 1. The standard InChI is InChI=1S/C20H19FN4O/c1-11-7-8-14(21)18-17(11)13(12(2)23-18)9-10-22-20(26)19-24-15-5-3-4-6-16(15)25-19/h3-8,23H,9-10H2,1-2H3,(H,22,26)(H,24,25). The lowest BCUT2D eigenvalue weighted by Gasteiger charge is -2.06. The summed E-state index contributed by atoms with van der Waals surface area (Å²) >= 11 is 0. The smallest absolute Gasteiger partial charge is 0.287 e. The molecule has 0 atom stereocenters. The van der Waals surface area contributed by atoms with Gasteiger partial charge in [-0.05, 0) is 49.6 Å². The number of para-hydroxylation sites is 2. The Morgan fingerprint density at radius 2 is 1.96 bits per heavy atom. The summed E-state index contributed by atoms with van der Waals surface area (Å²) in [4.78, 5) is 22.8. The van der Waals surface area contributed by atoms with Gasteiger partial charge in [-0.3, -0.25) is 4.79 Å². The van der Waals surface area contributed by atoms with E-state index in [9.17, 15) is 9.18 Å². The van der Waals surface area contributed by atoms with Crippen LogP contribution in [0.1, 0.15) is 27.4 Å². The van der Waals surface area contributed by atoms with Crippen LogP contribution in [0, 0.1) is 19.7 Å². The molecule has 26 heavy (non-hydrogen) atoms. The molecule has 0 unspecified atom stereocenters. The monoisotopic (exact) mass is 350 g/mol. The van der Waals surface area contributed by atoms with Gasteiger partial charge in [0.25, 0.3) is 5.91 Å². The number of carbonyl (C=O) groups is 1. The molecule has 6 heteroatoms. The van der Waals surface area contributed by atoms with E-state index in [2.05, 4.69) is 20.3 Å². The number of imidazole rings is 1. The first-order valence-corrected chi connectivity index (χ1v) is 8.54. The van der Waals surface area contributed by atoms with Crippen molar-refractivity contribution in [3.05, 3.63) is 64.9 Å². The second-order valence-electron chi connectivity index (χ2n) is 6.45. The van der Waals surface area contributed by atoms with Crippen molar-refractivity contribution in [1.82, 2.24) is 20.3 Å². The van der Waals surface area contributed by atoms with Crippen molar-refractivity contribution in [2.45, 2.75) is 20.3 Å². The maximum atomic E-state index is 14.0. The predicted molar refractivity (Wildman–Crippen MR) is 99.9 cm³/mol. The molecule has 0 fully saturated rings. The molecule has 2 heterocycles. The number of fused-ring (bicyclic) bond motifs is 2. The highest BCUT2D eigenvalue weighted by atomic mass is 19.1. The van der Waals surface area contributed by atoms with Crippen LogP contribution >= 0.6 is 0 Å². The first-order valence-electron chi connectivity index (χ1n) is 8.54. The first kappa shape index (κ1) is 16.3. The van der Waals surface area contributed by atoms with E-state index in [1.165, 1.54) is 6.07 Å². The maximum Gasteiger partial charge on any atom is 0.287 e. The van der Waals surface area contributed by atoms with Gasteiger partial charge in [0.2, 0.25) is 0 Å². The van der Waals surface area contributed by atoms with Gasteiger partial charge in [0.15, 0.2) is 5.82 Å². The Balaban J connectivity index is 1.51. The van der Waals surface area contributed by atoms with Crippen LogP contribution in [0.2, 0.25) is 0 Å². The summed E-state index contributed by atoms with van der Waals surface area (Å²) in [6, 6.07) is 10.8. The average Bonchev–Trinajstić information content (AvgIpc) is 3.20. The number of nitrogens with zero attached hydrogens (tertiary/aromatic N) is 1. The highest BCUT2D eigenvalue weighted by Gasteiger charge is 2.15. The molecule has 0 spiro atoms. The van der Waals surface area contributed by atoms with Crippen LogP contribution in [0.25, 0.3) is 21.9 Å². The SMILES string of the molecule is Cc1[nH]c2c(F)ccc(C)c2c1CCNC(=O)c1nc2ccccc2[nH]1. The molecule has 2 aromatic heterocycles. The van der Waals surface area contributed by atoms with E-state index in [0.29, 0.717) is 24.3 Å². The summed E-state index contributed by atoms with van der Waals surface area (Å²) in [7, 11) is 0. The van der Waals surface area contributed by atoms with Crippen molar-refractivity contribution >= 4 is 27.8 Å². The molecule has 2 aromatic carbocycles. The molecule has 0 saturated carbocycles. The summed E-state index contributed by atoms with van der Waals surface area (Å²) < 4.78 is 14.0. The van der Waals surface area contributed by atoms with Crippen LogP contribution in [0.15, 0.2) is 36.4 Å². The molecule has 1 amide bonds. The quantitative estimate of drug-likeness (QED) is 0.524. The molecule has 3 N–H and O–H groups in total. The predicted octanol–water partition coefficient (Wildman–Crippen LogP) is 3.77. The topological polar surface area (TPSA) is 73.6 Å². The second-order valence-corrected chi connectivity index (χ2v) is 6.45. The third kappa shape index (κ3) is 2.73. The van der Waals surface area contributed by atoms with E-state index >= 15 is 0 Å². The molecular weight excluding hydrogens is 331 g/mol. The molecule has 132 valence electrons. The average molecular weight is 350 g/mol. The van der Waals surface area contributed by atoms with Gasteiger partial charge in [0.05, 0.1) is 16.6 Å². The normalized spacial score (nSPS) is 11.3. The van der Waals surface area contributed by atoms with Gasteiger partial charge >= 0.3 is 0 Å². The zero-order valence-corrected chi connectivity index (χ0v) is 14.6. The van der Waals surface area contributed by atoms with Crippen molar-refractivity contribution in [3.8, 4) is 0 Å². The van der Waals surface area contributed by atoms with Gasteiger partial charge in [-0.15, -0.1) is 0 Å². The van der Waals surface area contributed by atoms with Crippen molar-refractivity contribution in [1.29, 1.82) is 0 Å². The molecule has 0 aliphatic carbocycles. The number of rotatable bonds is 4. The van der Waals surface area contributed by atoms with Crippen molar-refractivity contribution in [2.75, 3.05) is 6.54 Å². The van der Waals surface area contributed by atoms with Crippen LogP contribution in [-0.4, -0.2) is 27.4 Å². The molecule has 5 nitrogen and oxygen atoms in total. The second kappa shape index (κ2) is 6.29. The van der Waals surface area contributed by atoms with E-state index in [-0.39, 0.29) is 11.7 Å². The van der Waals surface area contributed by atoms with Gasteiger partial charge in [0, 0.05) is 17.6 Å². The Morgan fingerprint density at radius 3 is 2.77 bits per heavy atom. The number of aromatic amines is 2. The van der Waals surface area contributed by atoms with Crippen molar-refractivity contribution < 1.29 is 9.18 Å². The van der Waals surface area contributed by atoms with E-state index in [0.717, 1.165) is 33.2 Å². The Labute approximate surface area is 149 Å². The fourth-order valence-electron chi connectivity index (χ4n) is 3.40. The summed E-state index contributed by atoms with van der Waals surface area (Å²) in [5.41, 5.74) is 5.09. The van der Waals surface area contributed by atoms with E-state index in [1.54, 1.807) is 6.07 Å². The lowest BCUT2D eigenvalue weighted by atomic mass is 10.0. The Bertz CT molecular complexity index is 1090. The highest BCUT2D eigenvalue weighted by molar-refractivity contribution is 5.94. The van der Waals surface area contributed by atoms with Crippen LogP contribution in [0.4, 0.5) is 4.39 Å². The van der Waals surface area contributed by atoms with Gasteiger partial charge < -0.3 is 15.3 Å². The third-order valence-corrected chi connectivity index (χ3v) is 4.69. The minimum absolute atomic E-state index is 0.249. The molecule has 4 aromatic rings. The zero-order chi connectivity index (χ0) is 18.3. The minimum atomic E-state index is -0.258. The third-order valence-electron chi connectivity index (χ3n) is 4.69. The molecular formula is C20H19FN4O. The fraction of sp³-hybridized carbons (Fsp3) is 0.200. The van der Waals surface area contributed by atoms with Gasteiger partial charge in [-0.2, -0.15) is 0 Å². The number of hydrogen-bond acceptors (Lipinski definition) is 2. The minimum Gasteiger partial charge on any atom is -0.356 e. The molecule has 0 bridgehead atoms. The Morgan fingerprint density at radius 1 is 1.15 bits per heavy atom. The number of halogens is 1. The van der Waals surface area contributed by atoms with Crippen molar-refractivity contribution in [3.63, 3.8) is 0 Å². The first-order chi connectivity index (χ1) is 12.5. The number of aryl methyl sites for hydroxylation is 2. The zero-order valence-electron chi connectivity index (χ0n) is 14.6. The van der Waals surface area contributed by atoms with Gasteiger partial charge in [-0.1, -0.05) is 18.2 Å². The summed E-state index contributed by atoms with van der Waals surface area (Å²) in [5, 5.41) is 3.79. The summed E-state index contributed by atoms with van der Waals surface area (Å²) in [5.74, 6) is -0.211. The fourth-order valence-corrected chi connectivity index (χ4v) is 3.40. The molecule has 0 aliphatic heterocycles. The number of hydrogen-bond donors (Lipinski definition) is 3. The van der Waals surface area contributed by atoms with Crippen LogP contribution < -0.4 is 5.32 Å². The number of nitrogens with one attached hydrogen (secondary N) is 3. The van der Waals surface area contributed by atoms with Crippen LogP contribution in [0.5, 0.6) is 0 Å². The largest absolute Gasteiger partial charge is 0.356 e. The van der Waals surface area contributed by atoms with Crippen molar-refractivity contribution in [2.24, 2.45) is 0 Å². The lowest BCUT2D eigenvalue weighted by Crippen LogP contribution is -2.26. The molecule has 0 aliphatic rings. The highest BCUT2D eigenvalue weighted by Crippen LogP contribution is 2.27. The number of aromatic nitrogens is 3. The van der Waals surface area contributed by atoms with Crippen LogP contribution in [0.3, 0.4) is 0 Å². The summed E-state index contributed by atoms with van der Waals surface area (Å²) in [6.07, 6.45) is 0.613. The Hall–Kier alpha value is -3.15. The lowest BCUT2D eigenvalue weighted by molar-refractivity contribution is 0.0945. The van der Waals surface area contributed by atoms with Gasteiger partial charge in [-0.25, -0.2) is 9.37 Å². The molecule has 0 saturated heterocycles. The maximum absolute atomic E-state index is 14.0. The van der Waals surface area contributed by atoms with Gasteiger partial charge in [0.1, 0.15) is 5.82 Å². The summed E-state index contributed by atoms with van der Waals surface area (Å²) in [6.45, 7) is 4.33. The number of amides is 1. The Kier molecular flexibility index (Phi) is 3.95. The van der Waals surface area contributed by atoms with E-state index in [4.69, 9.17) is 0 Å². The molecule has 0 radical (unpaired) electrons. The number of H-pyrrole nitrogens is 2. The van der Waals surface area contributed by atoms with E-state index < -0.39 is 0 Å². The molecule has 4 rings (SSSR count). The van der Waals surface area contributed by atoms with Crippen LogP contribution in [-0.2, 0) is 6.42 Å². The van der Waals surface area contributed by atoms with E-state index in [1.807, 2.05) is 38.1 Å². The number of benzene rings is 2.